The van der Waals surface area contributed by atoms with Crippen molar-refractivity contribution in [3.8, 4) is 22.9 Å². The van der Waals surface area contributed by atoms with Crippen LogP contribution in [-0.2, 0) is 6.54 Å². The molecule has 4 nitrogen and oxygen atoms in total. The van der Waals surface area contributed by atoms with Gasteiger partial charge in [0.1, 0.15) is 5.75 Å². The number of aromatic nitrogens is 2. The largest absolute Gasteiger partial charge is 0.439 e. The van der Waals surface area contributed by atoms with Crippen molar-refractivity contribution in [2.24, 2.45) is 0 Å². The van der Waals surface area contributed by atoms with Gasteiger partial charge in [0.2, 0.25) is 5.88 Å². The quantitative estimate of drug-likeness (QED) is 0.534. The molecule has 25 heavy (non-hydrogen) atoms. The summed E-state index contributed by atoms with van der Waals surface area (Å²) in [6, 6.07) is 17.5. The van der Waals surface area contributed by atoms with E-state index < -0.39 is 0 Å². The molecule has 0 spiro atoms. The normalized spacial score (nSPS) is 10.7. The van der Waals surface area contributed by atoms with Gasteiger partial charge in [0.25, 0.3) is 0 Å². The van der Waals surface area contributed by atoms with Crippen molar-refractivity contribution < 1.29 is 4.74 Å². The van der Waals surface area contributed by atoms with Crippen LogP contribution in [0.2, 0.25) is 0 Å². The number of hydrogen-bond donors (Lipinski definition) is 0. The molecule has 0 atom stereocenters. The van der Waals surface area contributed by atoms with E-state index in [0.29, 0.717) is 24.0 Å². The maximum absolute atomic E-state index is 7.16. The summed E-state index contributed by atoms with van der Waals surface area (Å²) in [7, 11) is 0. The Bertz CT molecular complexity index is 902. The Labute approximate surface area is 148 Å². The molecule has 0 saturated carbocycles. The van der Waals surface area contributed by atoms with Crippen LogP contribution in [0.4, 0.5) is 5.69 Å². The molecule has 126 valence electrons. The highest BCUT2D eigenvalue weighted by Gasteiger charge is 2.11. The second kappa shape index (κ2) is 7.23. The molecular formula is C21H21N3O. The minimum atomic E-state index is 0.497. The first-order valence-electron chi connectivity index (χ1n) is 8.44. The number of rotatable bonds is 5. The SMILES string of the molecule is [C-]#[N+]c1cccc(-c2cc(Oc3ccc(C(C)C)cc3)n(CC)n2)c1. The predicted molar refractivity (Wildman–Crippen MR) is 100 cm³/mol. The highest BCUT2D eigenvalue weighted by atomic mass is 16.5. The van der Waals surface area contributed by atoms with E-state index in [9.17, 15) is 0 Å². The minimum absolute atomic E-state index is 0.497. The smallest absolute Gasteiger partial charge is 0.218 e. The molecule has 0 unspecified atom stereocenters. The van der Waals surface area contributed by atoms with E-state index in [4.69, 9.17) is 11.3 Å². The zero-order chi connectivity index (χ0) is 17.8. The Hall–Kier alpha value is -3.06. The first-order valence-corrected chi connectivity index (χ1v) is 8.44. The summed E-state index contributed by atoms with van der Waals surface area (Å²) in [6.45, 7) is 14.2. The molecule has 0 N–H and O–H groups in total. The molecule has 4 heteroatoms. The number of hydrogen-bond acceptors (Lipinski definition) is 2. The van der Waals surface area contributed by atoms with Crippen molar-refractivity contribution in [2.45, 2.75) is 33.2 Å². The molecule has 3 aromatic rings. The van der Waals surface area contributed by atoms with E-state index in [1.54, 1.807) is 6.07 Å². The van der Waals surface area contributed by atoms with Crippen LogP contribution < -0.4 is 4.74 Å². The fraction of sp³-hybridized carbons (Fsp3) is 0.238. The maximum Gasteiger partial charge on any atom is 0.218 e. The second-order valence-corrected chi connectivity index (χ2v) is 6.17. The minimum Gasteiger partial charge on any atom is -0.439 e. The second-order valence-electron chi connectivity index (χ2n) is 6.17. The Morgan fingerprint density at radius 2 is 1.88 bits per heavy atom. The molecule has 0 aliphatic heterocycles. The van der Waals surface area contributed by atoms with Crippen molar-refractivity contribution >= 4 is 5.69 Å². The van der Waals surface area contributed by atoms with Gasteiger partial charge in [-0.3, -0.25) is 0 Å². The van der Waals surface area contributed by atoms with E-state index >= 15 is 0 Å². The van der Waals surface area contributed by atoms with Crippen molar-refractivity contribution in [1.82, 2.24) is 9.78 Å². The molecule has 0 saturated heterocycles. The van der Waals surface area contributed by atoms with Gasteiger partial charge in [-0.05, 0) is 42.2 Å². The Kier molecular flexibility index (Phi) is 4.85. The van der Waals surface area contributed by atoms with E-state index in [2.05, 4.69) is 35.9 Å². The van der Waals surface area contributed by atoms with Crippen LogP contribution in [0.25, 0.3) is 16.1 Å². The maximum atomic E-state index is 7.16. The molecule has 0 bridgehead atoms. The van der Waals surface area contributed by atoms with E-state index in [-0.39, 0.29) is 0 Å². The van der Waals surface area contributed by atoms with Gasteiger partial charge >= 0.3 is 0 Å². The average molecular weight is 331 g/mol. The lowest BCUT2D eigenvalue weighted by Gasteiger charge is -2.09. The molecule has 0 radical (unpaired) electrons. The van der Waals surface area contributed by atoms with E-state index in [0.717, 1.165) is 17.0 Å². The fourth-order valence-corrected chi connectivity index (χ4v) is 2.63. The van der Waals surface area contributed by atoms with Crippen molar-refractivity contribution in [2.75, 3.05) is 0 Å². The van der Waals surface area contributed by atoms with Crippen molar-refractivity contribution in [3.63, 3.8) is 0 Å². The third kappa shape index (κ3) is 3.72. The third-order valence-corrected chi connectivity index (χ3v) is 4.08. The van der Waals surface area contributed by atoms with Crippen molar-refractivity contribution in [3.05, 3.63) is 71.6 Å². The lowest BCUT2D eigenvalue weighted by molar-refractivity contribution is 0.417. The van der Waals surface area contributed by atoms with Gasteiger partial charge in [0, 0.05) is 12.6 Å². The van der Waals surface area contributed by atoms with Crippen LogP contribution in [0.15, 0.2) is 54.6 Å². The summed E-state index contributed by atoms with van der Waals surface area (Å²) in [6.07, 6.45) is 0. The van der Waals surface area contributed by atoms with Gasteiger partial charge < -0.3 is 4.74 Å². The molecule has 0 aliphatic rings. The van der Waals surface area contributed by atoms with Crippen molar-refractivity contribution in [1.29, 1.82) is 0 Å². The van der Waals surface area contributed by atoms with Crippen LogP contribution in [0.5, 0.6) is 11.6 Å². The standard InChI is InChI=1S/C21H21N3O/c1-5-24-21(25-19-11-9-16(10-12-19)15(2)3)14-20(23-24)17-7-6-8-18(13-17)22-4/h6-15H,5H2,1-3H3. The van der Waals surface area contributed by atoms with Crippen LogP contribution in [0.1, 0.15) is 32.3 Å². The Morgan fingerprint density at radius 3 is 2.52 bits per heavy atom. The summed E-state index contributed by atoms with van der Waals surface area (Å²) >= 11 is 0. The molecule has 3 rings (SSSR count). The summed E-state index contributed by atoms with van der Waals surface area (Å²) in [5.74, 6) is 1.99. The van der Waals surface area contributed by atoms with Crippen LogP contribution in [0.3, 0.4) is 0 Å². The third-order valence-electron chi connectivity index (χ3n) is 4.08. The zero-order valence-corrected chi connectivity index (χ0v) is 14.7. The predicted octanol–water partition coefficient (Wildman–Crippen LogP) is 6.04. The lowest BCUT2D eigenvalue weighted by Crippen LogP contribution is -1.99. The van der Waals surface area contributed by atoms with Crippen LogP contribution in [0, 0.1) is 6.57 Å². The highest BCUT2D eigenvalue weighted by molar-refractivity contribution is 5.66. The molecule has 0 fully saturated rings. The summed E-state index contributed by atoms with van der Waals surface area (Å²) in [5, 5.41) is 4.61. The first-order chi connectivity index (χ1) is 12.1. The average Bonchev–Trinajstić information content (AvgIpc) is 3.05. The number of aryl methyl sites for hydroxylation is 1. The molecule has 1 aromatic heterocycles. The lowest BCUT2D eigenvalue weighted by atomic mass is 10.0. The number of nitrogens with zero attached hydrogens (tertiary/aromatic N) is 3. The molecule has 0 amide bonds. The number of benzene rings is 2. The van der Waals surface area contributed by atoms with E-state index in [1.165, 1.54) is 5.56 Å². The zero-order valence-electron chi connectivity index (χ0n) is 14.7. The van der Waals surface area contributed by atoms with Gasteiger partial charge in [-0.1, -0.05) is 44.2 Å². The summed E-state index contributed by atoms with van der Waals surface area (Å²) < 4.78 is 7.86. The fourth-order valence-electron chi connectivity index (χ4n) is 2.63. The van der Waals surface area contributed by atoms with Gasteiger partial charge in [-0.2, -0.15) is 5.10 Å². The topological polar surface area (TPSA) is 31.4 Å². The van der Waals surface area contributed by atoms with Crippen LogP contribution in [-0.4, -0.2) is 9.78 Å². The summed E-state index contributed by atoms with van der Waals surface area (Å²) in [5.41, 5.74) is 3.62. The summed E-state index contributed by atoms with van der Waals surface area (Å²) in [4.78, 5) is 3.48. The van der Waals surface area contributed by atoms with Gasteiger partial charge in [0.05, 0.1) is 12.3 Å². The monoisotopic (exact) mass is 331 g/mol. The molecule has 0 aliphatic carbocycles. The first kappa shape index (κ1) is 16.8. The number of ether oxygens (including phenoxy) is 1. The van der Waals surface area contributed by atoms with Gasteiger partial charge in [-0.25, -0.2) is 9.53 Å². The highest BCUT2D eigenvalue weighted by Crippen LogP contribution is 2.30. The van der Waals surface area contributed by atoms with E-state index in [1.807, 2.05) is 48.0 Å². The molecule has 2 aromatic carbocycles. The Balaban J connectivity index is 1.89. The van der Waals surface area contributed by atoms with Gasteiger partial charge in [-0.15, -0.1) is 0 Å². The molecular weight excluding hydrogens is 310 g/mol. The van der Waals surface area contributed by atoms with Gasteiger partial charge in [0.15, 0.2) is 5.69 Å². The molecule has 1 heterocycles. The Morgan fingerprint density at radius 1 is 1.12 bits per heavy atom. The van der Waals surface area contributed by atoms with Crippen LogP contribution >= 0.6 is 0 Å².